The summed E-state index contributed by atoms with van der Waals surface area (Å²) in [6.45, 7) is 8.76. The number of aryl methyl sites for hydroxylation is 3. The third-order valence-electron chi connectivity index (χ3n) is 5.39. The standard InChI is InChI=1S/C24H25ClN6O/c1-5-31-13-21-23(30-31)29-22(12-26-21)27-16(4)19-11-18(8-6-14(19)2)28-24(32)17-7-9-20(25)15(3)10-17/h6-13,16H,5H2,1-4H3,(H,28,32)(H,27,29,30)/t16-/m0/s1. The highest BCUT2D eigenvalue weighted by molar-refractivity contribution is 6.31. The molecule has 0 spiro atoms. The predicted octanol–water partition coefficient (Wildman–Crippen LogP) is 5.54. The Morgan fingerprint density at radius 3 is 2.72 bits per heavy atom. The van der Waals surface area contributed by atoms with E-state index in [1.54, 1.807) is 24.4 Å². The van der Waals surface area contributed by atoms with Crippen LogP contribution in [0, 0.1) is 13.8 Å². The molecule has 2 aromatic carbocycles. The number of carbonyl (C=O) groups excluding carboxylic acids is 1. The van der Waals surface area contributed by atoms with Gasteiger partial charge in [0.2, 0.25) is 5.65 Å². The number of aromatic nitrogens is 4. The molecule has 0 unspecified atom stereocenters. The van der Waals surface area contributed by atoms with Gasteiger partial charge in [0.25, 0.3) is 5.91 Å². The summed E-state index contributed by atoms with van der Waals surface area (Å²) in [6, 6.07) is 11.1. The SMILES string of the molecule is CCn1cc2ncc(N[C@@H](C)c3cc(NC(=O)c4ccc(Cl)c(C)c4)ccc3C)nc2n1. The average molecular weight is 449 g/mol. The van der Waals surface area contributed by atoms with Crippen molar-refractivity contribution in [3.8, 4) is 0 Å². The minimum absolute atomic E-state index is 0.0513. The van der Waals surface area contributed by atoms with Gasteiger partial charge in [0, 0.05) is 22.8 Å². The number of hydrogen-bond acceptors (Lipinski definition) is 5. The van der Waals surface area contributed by atoms with E-state index in [0.717, 1.165) is 34.4 Å². The molecule has 7 nitrogen and oxygen atoms in total. The third-order valence-corrected chi connectivity index (χ3v) is 5.81. The van der Waals surface area contributed by atoms with E-state index in [-0.39, 0.29) is 11.9 Å². The van der Waals surface area contributed by atoms with Crippen LogP contribution in [0.1, 0.15) is 46.9 Å². The first-order valence-electron chi connectivity index (χ1n) is 10.5. The lowest BCUT2D eigenvalue weighted by Gasteiger charge is -2.18. The number of amides is 1. The fraction of sp³-hybridized carbons (Fsp3) is 0.250. The maximum Gasteiger partial charge on any atom is 0.255 e. The second-order valence-corrected chi connectivity index (χ2v) is 8.21. The van der Waals surface area contributed by atoms with Crippen LogP contribution in [-0.2, 0) is 6.54 Å². The fourth-order valence-corrected chi connectivity index (χ4v) is 3.67. The number of anilines is 2. The third kappa shape index (κ3) is 4.57. The van der Waals surface area contributed by atoms with Gasteiger partial charge >= 0.3 is 0 Å². The zero-order valence-electron chi connectivity index (χ0n) is 18.5. The first kappa shape index (κ1) is 21.8. The molecule has 32 heavy (non-hydrogen) atoms. The number of rotatable bonds is 6. The second kappa shape index (κ2) is 8.96. The number of halogens is 1. The van der Waals surface area contributed by atoms with Crippen LogP contribution in [-0.4, -0.2) is 25.7 Å². The molecule has 2 heterocycles. The van der Waals surface area contributed by atoms with Gasteiger partial charge in [-0.05, 0) is 74.7 Å². The number of benzene rings is 2. The van der Waals surface area contributed by atoms with Crippen molar-refractivity contribution in [1.29, 1.82) is 0 Å². The first-order chi connectivity index (χ1) is 15.3. The molecule has 2 aromatic heterocycles. The fourth-order valence-electron chi connectivity index (χ4n) is 3.55. The highest BCUT2D eigenvalue weighted by atomic mass is 35.5. The summed E-state index contributed by atoms with van der Waals surface area (Å²) >= 11 is 6.07. The summed E-state index contributed by atoms with van der Waals surface area (Å²) in [5.74, 6) is 0.472. The van der Waals surface area contributed by atoms with Crippen molar-refractivity contribution in [3.05, 3.63) is 76.1 Å². The van der Waals surface area contributed by atoms with Crippen LogP contribution >= 0.6 is 11.6 Å². The van der Waals surface area contributed by atoms with Crippen LogP contribution in [0.25, 0.3) is 11.2 Å². The Bertz CT molecular complexity index is 1300. The Morgan fingerprint density at radius 1 is 1.16 bits per heavy atom. The molecule has 1 atom stereocenters. The van der Waals surface area contributed by atoms with Gasteiger partial charge in [-0.1, -0.05) is 17.7 Å². The average Bonchev–Trinajstić information content (AvgIpc) is 3.19. The van der Waals surface area contributed by atoms with Gasteiger partial charge in [0.1, 0.15) is 11.3 Å². The van der Waals surface area contributed by atoms with Gasteiger partial charge in [-0.15, -0.1) is 0 Å². The molecule has 0 fully saturated rings. The van der Waals surface area contributed by atoms with Gasteiger partial charge in [0.15, 0.2) is 0 Å². The summed E-state index contributed by atoms with van der Waals surface area (Å²) in [7, 11) is 0. The molecule has 0 radical (unpaired) electrons. The second-order valence-electron chi connectivity index (χ2n) is 7.80. The lowest BCUT2D eigenvalue weighted by atomic mass is 10.0. The zero-order valence-corrected chi connectivity index (χ0v) is 19.2. The van der Waals surface area contributed by atoms with Crippen molar-refractivity contribution in [2.75, 3.05) is 10.6 Å². The quantitative estimate of drug-likeness (QED) is 0.404. The smallest absolute Gasteiger partial charge is 0.255 e. The van der Waals surface area contributed by atoms with Crippen molar-refractivity contribution in [2.45, 2.75) is 40.3 Å². The molecular formula is C24H25ClN6O. The number of fused-ring (bicyclic) bond motifs is 1. The number of carbonyl (C=O) groups is 1. The van der Waals surface area contributed by atoms with E-state index in [0.29, 0.717) is 22.1 Å². The normalized spacial score (nSPS) is 12.0. The van der Waals surface area contributed by atoms with Gasteiger partial charge < -0.3 is 10.6 Å². The van der Waals surface area contributed by atoms with E-state index in [1.165, 1.54) is 0 Å². The highest BCUT2D eigenvalue weighted by Crippen LogP contribution is 2.25. The maximum absolute atomic E-state index is 12.7. The molecule has 0 bridgehead atoms. The summed E-state index contributed by atoms with van der Waals surface area (Å²) in [5, 5.41) is 11.4. The molecule has 8 heteroatoms. The molecule has 0 saturated carbocycles. The van der Waals surface area contributed by atoms with E-state index in [1.807, 2.05) is 56.8 Å². The molecular weight excluding hydrogens is 424 g/mol. The van der Waals surface area contributed by atoms with Crippen molar-refractivity contribution < 1.29 is 4.79 Å². The van der Waals surface area contributed by atoms with Crippen molar-refractivity contribution in [1.82, 2.24) is 19.7 Å². The molecule has 1 amide bonds. The topological polar surface area (TPSA) is 84.7 Å². The van der Waals surface area contributed by atoms with Gasteiger partial charge in [-0.25, -0.2) is 9.97 Å². The van der Waals surface area contributed by atoms with Crippen molar-refractivity contribution in [2.24, 2.45) is 0 Å². The molecule has 4 rings (SSSR count). The Balaban J connectivity index is 1.52. The minimum Gasteiger partial charge on any atom is -0.362 e. The van der Waals surface area contributed by atoms with E-state index in [9.17, 15) is 4.79 Å². The van der Waals surface area contributed by atoms with E-state index in [2.05, 4.69) is 25.7 Å². The molecule has 2 N–H and O–H groups in total. The minimum atomic E-state index is -0.178. The van der Waals surface area contributed by atoms with Crippen molar-refractivity contribution in [3.63, 3.8) is 0 Å². The van der Waals surface area contributed by atoms with Crippen LogP contribution < -0.4 is 10.6 Å². The van der Waals surface area contributed by atoms with Gasteiger partial charge in [-0.3, -0.25) is 9.48 Å². The lowest BCUT2D eigenvalue weighted by Crippen LogP contribution is -2.14. The number of nitrogens with one attached hydrogen (secondary N) is 2. The lowest BCUT2D eigenvalue weighted by molar-refractivity contribution is 0.102. The molecule has 4 aromatic rings. The maximum atomic E-state index is 12.7. The van der Waals surface area contributed by atoms with Crippen LogP contribution in [0.4, 0.5) is 11.5 Å². The first-order valence-corrected chi connectivity index (χ1v) is 10.9. The Labute approximate surface area is 191 Å². The predicted molar refractivity (Wildman–Crippen MR) is 128 cm³/mol. The summed E-state index contributed by atoms with van der Waals surface area (Å²) in [4.78, 5) is 21.7. The molecule has 0 aliphatic rings. The van der Waals surface area contributed by atoms with Crippen molar-refractivity contribution >= 4 is 40.2 Å². The molecule has 0 aliphatic carbocycles. The Morgan fingerprint density at radius 2 is 1.97 bits per heavy atom. The van der Waals surface area contributed by atoms with Crippen LogP contribution in [0.5, 0.6) is 0 Å². The van der Waals surface area contributed by atoms with E-state index in [4.69, 9.17) is 11.6 Å². The molecule has 0 saturated heterocycles. The van der Waals surface area contributed by atoms with Crippen LogP contribution in [0.15, 0.2) is 48.8 Å². The number of nitrogens with zero attached hydrogens (tertiary/aromatic N) is 4. The zero-order chi connectivity index (χ0) is 22.8. The van der Waals surface area contributed by atoms with Gasteiger partial charge in [0.05, 0.1) is 18.4 Å². The molecule has 0 aliphatic heterocycles. The van der Waals surface area contributed by atoms with Crippen LogP contribution in [0.3, 0.4) is 0 Å². The molecule has 164 valence electrons. The largest absolute Gasteiger partial charge is 0.362 e. The van der Waals surface area contributed by atoms with E-state index >= 15 is 0 Å². The van der Waals surface area contributed by atoms with Gasteiger partial charge in [-0.2, -0.15) is 5.10 Å². The summed E-state index contributed by atoms with van der Waals surface area (Å²) < 4.78 is 1.82. The highest BCUT2D eigenvalue weighted by Gasteiger charge is 2.14. The summed E-state index contributed by atoms with van der Waals surface area (Å²) in [5.41, 5.74) is 5.69. The Hall–Kier alpha value is -3.45. The number of hydrogen-bond donors (Lipinski definition) is 2. The summed E-state index contributed by atoms with van der Waals surface area (Å²) in [6.07, 6.45) is 3.60. The van der Waals surface area contributed by atoms with E-state index < -0.39 is 0 Å². The Kier molecular flexibility index (Phi) is 6.10. The van der Waals surface area contributed by atoms with Crippen LogP contribution in [0.2, 0.25) is 5.02 Å². The monoisotopic (exact) mass is 448 g/mol.